The lowest BCUT2D eigenvalue weighted by molar-refractivity contribution is -0.143. The average molecular weight is 541 g/mol. The quantitative estimate of drug-likeness (QED) is 0.135. The maximum atomic E-state index is 13.0. The number of aliphatic hydroxyl groups excluding tert-OH is 1. The Morgan fingerprint density at radius 2 is 1.77 bits per heavy atom. The highest BCUT2D eigenvalue weighted by Crippen LogP contribution is 2.24. The minimum absolute atomic E-state index is 0.0360. The molecule has 0 aromatic rings. The van der Waals surface area contributed by atoms with Gasteiger partial charge in [0.05, 0.1) is 6.10 Å². The summed E-state index contributed by atoms with van der Waals surface area (Å²) >= 11 is 0. The van der Waals surface area contributed by atoms with Gasteiger partial charge in [-0.2, -0.15) is 0 Å². The van der Waals surface area contributed by atoms with E-state index in [9.17, 15) is 19.5 Å². The van der Waals surface area contributed by atoms with E-state index in [0.29, 0.717) is 17.9 Å². The molecule has 6 nitrogen and oxygen atoms in total. The second-order valence-corrected chi connectivity index (χ2v) is 11.1. The standard InChI is InChI=1S/C33H48O6/c1-9-28(14-15-29-24(5)13-16-31(36)39-29)19-22(3)12-10-11-21(2)17-25(6)32(37)27(8)33(38)26(7)18-23(4)20-30(34)35/h10-11,13-17,19-20,22,24-27,29,33,38H,9,12,18H2,1-8H3,(H,34,35)/b11-10+,15-14-,21-17-,23-20+,28-19-/t22?,24-,25+,26-,27+,29-,33+/m0/s1. The lowest BCUT2D eigenvalue weighted by Crippen LogP contribution is -2.34. The van der Waals surface area contributed by atoms with Crippen LogP contribution in [0.15, 0.2) is 71.4 Å². The average Bonchev–Trinajstić information content (AvgIpc) is 2.86. The number of carbonyl (C=O) groups is 3. The Hall–Kier alpha value is -2.99. The molecular weight excluding hydrogens is 492 g/mol. The molecule has 2 N–H and O–H groups in total. The fourth-order valence-corrected chi connectivity index (χ4v) is 4.75. The molecule has 1 rings (SSSR count). The molecule has 1 aliphatic rings. The first-order valence-electron chi connectivity index (χ1n) is 14.0. The summed E-state index contributed by atoms with van der Waals surface area (Å²) in [5.74, 6) is -2.01. The number of carboxylic acid groups (broad SMARTS) is 1. The van der Waals surface area contributed by atoms with Crippen LogP contribution in [0.2, 0.25) is 0 Å². The van der Waals surface area contributed by atoms with Gasteiger partial charge in [0.25, 0.3) is 0 Å². The van der Waals surface area contributed by atoms with Crippen molar-refractivity contribution in [3.63, 3.8) is 0 Å². The summed E-state index contributed by atoms with van der Waals surface area (Å²) in [4.78, 5) is 35.3. The number of ketones is 1. The number of Topliss-reactive ketones (excluding diaryl/α,β-unsaturated/α-hetero) is 1. The largest absolute Gasteiger partial charge is 0.478 e. The maximum Gasteiger partial charge on any atom is 0.331 e. The molecular formula is C33H48O6. The molecule has 1 heterocycles. The van der Waals surface area contributed by atoms with Crippen molar-refractivity contribution in [1.29, 1.82) is 0 Å². The van der Waals surface area contributed by atoms with Crippen molar-refractivity contribution in [1.82, 2.24) is 0 Å². The monoisotopic (exact) mass is 540 g/mol. The number of hydrogen-bond acceptors (Lipinski definition) is 5. The molecule has 0 saturated heterocycles. The fraction of sp³-hybridized carbons (Fsp3) is 0.545. The van der Waals surface area contributed by atoms with E-state index in [2.05, 4.69) is 26.0 Å². The van der Waals surface area contributed by atoms with Crippen molar-refractivity contribution in [2.24, 2.45) is 29.6 Å². The van der Waals surface area contributed by atoms with Crippen LogP contribution in [-0.4, -0.2) is 40.1 Å². The van der Waals surface area contributed by atoms with Gasteiger partial charge in [-0.1, -0.05) is 94.7 Å². The number of aliphatic hydroxyl groups is 1. The zero-order chi connectivity index (χ0) is 29.7. The summed E-state index contributed by atoms with van der Waals surface area (Å²) in [6.45, 7) is 15.4. The first-order chi connectivity index (χ1) is 18.2. The predicted molar refractivity (Wildman–Crippen MR) is 157 cm³/mol. The normalized spacial score (nSPS) is 23.0. The summed E-state index contributed by atoms with van der Waals surface area (Å²) in [6.07, 6.45) is 17.8. The SMILES string of the molecule is CCC(/C=C\[C@@H]1OC(=O)C=C[C@@H]1C)=C/C(C)C/C=C/C(C)=C\[C@@H](C)C(=O)[C@@H](C)[C@H](O)[C@@H](C)C/C(C)=C/C(=O)O. The molecule has 0 bridgehead atoms. The Balaban J connectivity index is 2.69. The Labute approximate surface area is 234 Å². The number of esters is 1. The summed E-state index contributed by atoms with van der Waals surface area (Å²) in [6, 6.07) is 0. The van der Waals surface area contributed by atoms with Gasteiger partial charge in [-0.05, 0) is 51.0 Å². The van der Waals surface area contributed by atoms with Gasteiger partial charge in [-0.25, -0.2) is 9.59 Å². The molecule has 1 unspecified atom stereocenters. The summed E-state index contributed by atoms with van der Waals surface area (Å²) in [5.41, 5.74) is 2.84. The lowest BCUT2D eigenvalue weighted by Gasteiger charge is -2.25. The number of carboxylic acids is 1. The Bertz CT molecular complexity index is 1020. The third kappa shape index (κ3) is 12.6. The Morgan fingerprint density at radius 1 is 1.10 bits per heavy atom. The molecule has 0 aliphatic carbocycles. The number of cyclic esters (lactones) is 1. The molecule has 6 heteroatoms. The lowest BCUT2D eigenvalue weighted by atomic mass is 9.83. The van der Waals surface area contributed by atoms with Crippen LogP contribution in [0.1, 0.15) is 74.7 Å². The number of carbonyl (C=O) groups excluding carboxylic acids is 2. The second kappa shape index (κ2) is 16.9. The van der Waals surface area contributed by atoms with Gasteiger partial charge in [0.1, 0.15) is 11.9 Å². The molecule has 0 fully saturated rings. The molecule has 0 saturated carbocycles. The van der Waals surface area contributed by atoms with Gasteiger partial charge in [-0.3, -0.25) is 4.79 Å². The van der Waals surface area contributed by atoms with Crippen molar-refractivity contribution in [3.05, 3.63) is 71.4 Å². The van der Waals surface area contributed by atoms with E-state index in [-0.39, 0.29) is 35.6 Å². The molecule has 7 atom stereocenters. The maximum absolute atomic E-state index is 13.0. The van der Waals surface area contributed by atoms with E-state index in [1.165, 1.54) is 11.6 Å². The smallest absolute Gasteiger partial charge is 0.331 e. The molecule has 0 spiro atoms. The zero-order valence-corrected chi connectivity index (χ0v) is 24.9. The van der Waals surface area contributed by atoms with Gasteiger partial charge < -0.3 is 14.9 Å². The van der Waals surface area contributed by atoms with Crippen LogP contribution in [0, 0.1) is 29.6 Å². The zero-order valence-electron chi connectivity index (χ0n) is 24.9. The van der Waals surface area contributed by atoms with Crippen molar-refractivity contribution in [2.75, 3.05) is 0 Å². The van der Waals surface area contributed by atoms with Crippen LogP contribution >= 0.6 is 0 Å². The van der Waals surface area contributed by atoms with Crippen molar-refractivity contribution in [2.45, 2.75) is 86.9 Å². The van der Waals surface area contributed by atoms with Gasteiger partial charge in [0.2, 0.25) is 0 Å². The minimum Gasteiger partial charge on any atom is -0.478 e. The second-order valence-electron chi connectivity index (χ2n) is 11.1. The van der Waals surface area contributed by atoms with Crippen LogP contribution in [-0.2, 0) is 19.1 Å². The van der Waals surface area contributed by atoms with Crippen LogP contribution in [0.5, 0.6) is 0 Å². The molecule has 0 amide bonds. The van der Waals surface area contributed by atoms with E-state index in [1.54, 1.807) is 13.8 Å². The summed E-state index contributed by atoms with van der Waals surface area (Å²) < 4.78 is 5.39. The van der Waals surface area contributed by atoms with Crippen LogP contribution in [0.4, 0.5) is 0 Å². The molecule has 0 aromatic carbocycles. The number of aliphatic carboxylic acids is 1. The van der Waals surface area contributed by atoms with E-state index < -0.39 is 18.0 Å². The first kappa shape index (κ1) is 34.0. The van der Waals surface area contributed by atoms with Crippen molar-refractivity contribution >= 4 is 17.7 Å². The number of ether oxygens (including phenoxy) is 1. The molecule has 1 aliphatic heterocycles. The topological polar surface area (TPSA) is 101 Å². The number of hydrogen-bond donors (Lipinski definition) is 2. The number of allylic oxidation sites excluding steroid dienone is 8. The van der Waals surface area contributed by atoms with Crippen LogP contribution < -0.4 is 0 Å². The minimum atomic E-state index is -1.01. The fourth-order valence-electron chi connectivity index (χ4n) is 4.75. The van der Waals surface area contributed by atoms with Gasteiger partial charge in [0.15, 0.2) is 0 Å². The van der Waals surface area contributed by atoms with E-state index >= 15 is 0 Å². The first-order valence-corrected chi connectivity index (χ1v) is 14.0. The number of rotatable bonds is 15. The van der Waals surface area contributed by atoms with E-state index in [0.717, 1.165) is 24.5 Å². The van der Waals surface area contributed by atoms with Gasteiger partial charge in [0, 0.05) is 29.9 Å². The van der Waals surface area contributed by atoms with E-state index in [1.807, 2.05) is 58.1 Å². The van der Waals surface area contributed by atoms with Crippen molar-refractivity contribution < 1.29 is 29.3 Å². The summed E-state index contributed by atoms with van der Waals surface area (Å²) in [5, 5.41) is 19.6. The van der Waals surface area contributed by atoms with Gasteiger partial charge in [-0.15, -0.1) is 0 Å². The van der Waals surface area contributed by atoms with E-state index in [4.69, 9.17) is 9.84 Å². The third-order valence-electron chi connectivity index (χ3n) is 7.12. The van der Waals surface area contributed by atoms with Crippen LogP contribution in [0.3, 0.4) is 0 Å². The highest BCUT2D eigenvalue weighted by Gasteiger charge is 2.29. The molecule has 0 radical (unpaired) electrons. The third-order valence-corrected chi connectivity index (χ3v) is 7.12. The highest BCUT2D eigenvalue weighted by atomic mass is 16.5. The predicted octanol–water partition coefficient (Wildman–Crippen LogP) is 6.78. The highest BCUT2D eigenvalue weighted by molar-refractivity contribution is 5.85. The van der Waals surface area contributed by atoms with Crippen LogP contribution in [0.25, 0.3) is 0 Å². The Morgan fingerprint density at radius 3 is 2.38 bits per heavy atom. The van der Waals surface area contributed by atoms with Gasteiger partial charge >= 0.3 is 11.9 Å². The summed E-state index contributed by atoms with van der Waals surface area (Å²) in [7, 11) is 0. The Kier molecular flexibility index (Phi) is 14.7. The van der Waals surface area contributed by atoms with Crippen molar-refractivity contribution in [3.8, 4) is 0 Å². The molecule has 216 valence electrons. The molecule has 39 heavy (non-hydrogen) atoms. The molecule has 0 aromatic heterocycles.